The summed E-state index contributed by atoms with van der Waals surface area (Å²) in [4.78, 5) is 0. The van der Waals surface area contributed by atoms with Crippen molar-refractivity contribution in [3.63, 3.8) is 0 Å². The summed E-state index contributed by atoms with van der Waals surface area (Å²) in [5, 5.41) is 0. The highest BCUT2D eigenvalue weighted by Gasteiger charge is 2.02. The minimum Gasteiger partial charge on any atom is -0.232 e. The molecule has 0 unspecified atom stereocenters. The molecule has 0 rings (SSSR count). The largest absolute Gasteiger partial charge is 0.232 e. The van der Waals surface area contributed by atoms with E-state index in [4.69, 9.17) is 0 Å². The number of thiol groups is 1. The molecule has 7 heavy (non-hydrogen) atoms. The van der Waals surface area contributed by atoms with Crippen molar-refractivity contribution in [3.8, 4) is 0 Å². The third kappa shape index (κ3) is 6.02. The third-order valence-corrected chi connectivity index (χ3v) is 0.561. The molecule has 42 valence electrons. The van der Waals surface area contributed by atoms with Gasteiger partial charge in [-0.25, -0.2) is 4.40 Å². The van der Waals surface area contributed by atoms with E-state index in [1.54, 1.807) is 6.21 Å². The minimum absolute atomic E-state index is 0.182. The summed E-state index contributed by atoms with van der Waals surface area (Å²) in [7, 11) is 0. The maximum absolute atomic E-state index is 3.68. The molecular formula is C5H11NS. The van der Waals surface area contributed by atoms with Crippen LogP contribution in [-0.2, 0) is 0 Å². The first-order valence-electron chi connectivity index (χ1n) is 2.25. The molecular weight excluding hydrogens is 106 g/mol. The van der Waals surface area contributed by atoms with Gasteiger partial charge in [-0.3, -0.25) is 0 Å². The van der Waals surface area contributed by atoms with Crippen LogP contribution in [0, 0.1) is 5.41 Å². The van der Waals surface area contributed by atoms with Crippen LogP contribution in [0.3, 0.4) is 0 Å². The van der Waals surface area contributed by atoms with E-state index in [2.05, 4.69) is 38.0 Å². The molecule has 0 fully saturated rings. The molecule has 2 heteroatoms. The van der Waals surface area contributed by atoms with Gasteiger partial charge in [0.1, 0.15) is 0 Å². The van der Waals surface area contributed by atoms with Gasteiger partial charge in [-0.2, -0.15) is 0 Å². The number of hydrogen-bond acceptors (Lipinski definition) is 2. The van der Waals surface area contributed by atoms with E-state index >= 15 is 0 Å². The Kier molecular flexibility index (Phi) is 2.37. The molecule has 0 aromatic carbocycles. The quantitative estimate of drug-likeness (QED) is 0.368. The fourth-order valence-corrected chi connectivity index (χ4v) is 0.520. The summed E-state index contributed by atoms with van der Waals surface area (Å²) in [6.07, 6.45) is 1.80. The smallest absolute Gasteiger partial charge is 0.0176 e. The van der Waals surface area contributed by atoms with Crippen molar-refractivity contribution in [2.45, 2.75) is 20.8 Å². The summed E-state index contributed by atoms with van der Waals surface area (Å²) in [5.41, 5.74) is 0.182. The summed E-state index contributed by atoms with van der Waals surface area (Å²) < 4.78 is 3.58. The Morgan fingerprint density at radius 3 is 1.86 bits per heavy atom. The van der Waals surface area contributed by atoms with Crippen LogP contribution in [0.5, 0.6) is 0 Å². The SMILES string of the molecule is CC(C)(C)C=NS. The van der Waals surface area contributed by atoms with Crippen LogP contribution < -0.4 is 0 Å². The van der Waals surface area contributed by atoms with E-state index in [-0.39, 0.29) is 5.41 Å². The second kappa shape index (κ2) is 2.36. The lowest BCUT2D eigenvalue weighted by Gasteiger charge is -2.07. The van der Waals surface area contributed by atoms with E-state index in [1.807, 2.05) is 0 Å². The van der Waals surface area contributed by atoms with Crippen LogP contribution in [0.2, 0.25) is 0 Å². The van der Waals surface area contributed by atoms with Gasteiger partial charge < -0.3 is 0 Å². The molecule has 0 bridgehead atoms. The van der Waals surface area contributed by atoms with Crippen LogP contribution in [-0.4, -0.2) is 6.21 Å². The Hall–Kier alpha value is 0.0200. The lowest BCUT2D eigenvalue weighted by molar-refractivity contribution is 0.608. The molecule has 0 radical (unpaired) electrons. The molecule has 0 N–H and O–H groups in total. The van der Waals surface area contributed by atoms with E-state index < -0.39 is 0 Å². The Labute approximate surface area is 50.4 Å². The molecule has 0 amide bonds. The van der Waals surface area contributed by atoms with Crippen LogP contribution in [0.25, 0.3) is 0 Å². The lowest BCUT2D eigenvalue weighted by Crippen LogP contribution is -2.04. The highest BCUT2D eigenvalue weighted by atomic mass is 32.1. The van der Waals surface area contributed by atoms with Crippen molar-refractivity contribution >= 4 is 19.0 Å². The second-order valence-electron chi connectivity index (χ2n) is 2.61. The van der Waals surface area contributed by atoms with Gasteiger partial charge in [0.25, 0.3) is 0 Å². The summed E-state index contributed by atoms with van der Waals surface area (Å²) in [5.74, 6) is 0. The molecule has 0 heterocycles. The van der Waals surface area contributed by atoms with Crippen LogP contribution in [0.15, 0.2) is 4.40 Å². The van der Waals surface area contributed by atoms with Gasteiger partial charge in [-0.15, -0.1) is 0 Å². The fraction of sp³-hybridized carbons (Fsp3) is 0.800. The molecule has 0 aliphatic carbocycles. The highest BCUT2D eigenvalue weighted by molar-refractivity contribution is 7.78. The van der Waals surface area contributed by atoms with Crippen molar-refractivity contribution in [3.05, 3.63) is 0 Å². The van der Waals surface area contributed by atoms with Gasteiger partial charge in [-0.05, 0) is 18.2 Å². The molecule has 0 saturated heterocycles. The molecule has 1 nitrogen and oxygen atoms in total. The topological polar surface area (TPSA) is 12.4 Å². The van der Waals surface area contributed by atoms with E-state index in [0.29, 0.717) is 0 Å². The van der Waals surface area contributed by atoms with Crippen molar-refractivity contribution < 1.29 is 0 Å². The van der Waals surface area contributed by atoms with Crippen molar-refractivity contribution in [2.24, 2.45) is 9.81 Å². The van der Waals surface area contributed by atoms with Crippen molar-refractivity contribution in [1.29, 1.82) is 0 Å². The van der Waals surface area contributed by atoms with Gasteiger partial charge in [-0.1, -0.05) is 20.8 Å². The van der Waals surface area contributed by atoms with Crippen LogP contribution >= 0.6 is 12.8 Å². The predicted octanol–water partition coefficient (Wildman–Crippen LogP) is 1.95. The molecule has 0 aliphatic rings. The maximum atomic E-state index is 3.68. The Morgan fingerprint density at radius 1 is 1.43 bits per heavy atom. The van der Waals surface area contributed by atoms with Crippen LogP contribution in [0.1, 0.15) is 20.8 Å². The Morgan fingerprint density at radius 2 is 1.86 bits per heavy atom. The first kappa shape index (κ1) is 7.02. The van der Waals surface area contributed by atoms with E-state index in [1.165, 1.54) is 0 Å². The number of hydrogen-bond donors (Lipinski definition) is 1. The van der Waals surface area contributed by atoms with Gasteiger partial charge >= 0.3 is 0 Å². The number of rotatable bonds is 0. The van der Waals surface area contributed by atoms with Gasteiger partial charge in [0.15, 0.2) is 0 Å². The molecule has 0 saturated carbocycles. The second-order valence-corrected chi connectivity index (χ2v) is 2.84. The average Bonchev–Trinajstić information content (AvgIpc) is 1.30. The Bertz CT molecular complexity index is 70.6. The molecule has 0 atom stereocenters. The minimum atomic E-state index is 0.182. The zero-order chi connectivity index (χ0) is 5.91. The fourth-order valence-electron chi connectivity index (χ4n) is 0.173. The molecule has 0 aromatic rings. The predicted molar refractivity (Wildman–Crippen MR) is 36.9 cm³/mol. The summed E-state index contributed by atoms with van der Waals surface area (Å²) in [6.45, 7) is 6.23. The lowest BCUT2D eigenvalue weighted by atomic mass is 10.00. The van der Waals surface area contributed by atoms with Crippen molar-refractivity contribution in [2.75, 3.05) is 0 Å². The van der Waals surface area contributed by atoms with E-state index in [9.17, 15) is 0 Å². The highest BCUT2D eigenvalue weighted by Crippen LogP contribution is 2.08. The first-order valence-corrected chi connectivity index (χ1v) is 2.65. The van der Waals surface area contributed by atoms with Crippen molar-refractivity contribution in [1.82, 2.24) is 0 Å². The third-order valence-electron chi connectivity index (χ3n) is 0.445. The zero-order valence-electron chi connectivity index (χ0n) is 4.97. The monoisotopic (exact) mass is 117 g/mol. The maximum Gasteiger partial charge on any atom is 0.0176 e. The zero-order valence-corrected chi connectivity index (χ0v) is 5.87. The normalized spacial score (nSPS) is 13.1. The molecule has 0 aromatic heterocycles. The Balaban J connectivity index is 3.56. The standard InChI is InChI=1S/C5H11NS/c1-5(2,3)4-6-7/h4,7H,1-3H3. The van der Waals surface area contributed by atoms with Crippen LogP contribution in [0.4, 0.5) is 0 Å². The molecule has 0 spiro atoms. The molecule has 0 aliphatic heterocycles. The van der Waals surface area contributed by atoms with Gasteiger partial charge in [0, 0.05) is 6.21 Å². The number of nitrogens with zero attached hydrogens (tertiary/aromatic N) is 1. The average molecular weight is 117 g/mol. The summed E-state index contributed by atoms with van der Waals surface area (Å²) in [6, 6.07) is 0. The van der Waals surface area contributed by atoms with E-state index in [0.717, 1.165) is 0 Å². The van der Waals surface area contributed by atoms with Gasteiger partial charge in [0.05, 0.1) is 0 Å². The summed E-state index contributed by atoms with van der Waals surface area (Å²) >= 11 is 3.68. The van der Waals surface area contributed by atoms with Gasteiger partial charge in [0.2, 0.25) is 0 Å². The first-order chi connectivity index (χ1) is 3.06.